The van der Waals surface area contributed by atoms with Crippen LogP contribution in [-0.4, -0.2) is 26.4 Å². The third-order valence-corrected chi connectivity index (χ3v) is 3.47. The minimum absolute atomic E-state index is 0.0531. The van der Waals surface area contributed by atoms with Crippen molar-refractivity contribution in [2.75, 3.05) is 20.3 Å². The van der Waals surface area contributed by atoms with E-state index in [-0.39, 0.29) is 6.10 Å². The smallest absolute Gasteiger partial charge is 0.175 e. The molecule has 0 aliphatic rings. The standard InChI is InChI=1S/C14H20BrClO3/c1-4-18-13-8-11(9-16)7-12(15)14(13)19-10(2)5-6-17-3/h7-8,10H,4-6,9H2,1-3H3. The highest BCUT2D eigenvalue weighted by atomic mass is 79.9. The van der Waals surface area contributed by atoms with Crippen LogP contribution in [0.2, 0.25) is 0 Å². The zero-order chi connectivity index (χ0) is 14.3. The Labute approximate surface area is 128 Å². The fraction of sp³-hybridized carbons (Fsp3) is 0.571. The lowest BCUT2D eigenvalue weighted by molar-refractivity contribution is 0.131. The fourth-order valence-electron chi connectivity index (χ4n) is 1.62. The first-order chi connectivity index (χ1) is 9.12. The monoisotopic (exact) mass is 350 g/mol. The highest BCUT2D eigenvalue weighted by Crippen LogP contribution is 2.38. The number of hydrogen-bond donors (Lipinski definition) is 0. The van der Waals surface area contributed by atoms with Crippen LogP contribution in [-0.2, 0) is 10.6 Å². The predicted molar refractivity (Wildman–Crippen MR) is 81.5 cm³/mol. The number of halogens is 2. The van der Waals surface area contributed by atoms with E-state index >= 15 is 0 Å². The van der Waals surface area contributed by atoms with E-state index < -0.39 is 0 Å². The van der Waals surface area contributed by atoms with Crippen molar-refractivity contribution in [3.63, 3.8) is 0 Å². The molecule has 0 heterocycles. The molecule has 0 radical (unpaired) electrons. The molecule has 5 heteroatoms. The largest absolute Gasteiger partial charge is 0.490 e. The van der Waals surface area contributed by atoms with E-state index in [1.165, 1.54) is 0 Å². The molecule has 1 aromatic rings. The lowest BCUT2D eigenvalue weighted by Gasteiger charge is -2.19. The highest BCUT2D eigenvalue weighted by molar-refractivity contribution is 9.10. The SMILES string of the molecule is CCOc1cc(CCl)cc(Br)c1OC(C)CCOC. The molecule has 1 rings (SSSR count). The summed E-state index contributed by atoms with van der Waals surface area (Å²) in [6, 6.07) is 3.87. The number of rotatable bonds is 8. The molecule has 1 unspecified atom stereocenters. The van der Waals surface area contributed by atoms with Gasteiger partial charge in [0.1, 0.15) is 0 Å². The summed E-state index contributed by atoms with van der Waals surface area (Å²) < 4.78 is 17.5. The van der Waals surface area contributed by atoms with Crippen LogP contribution in [0.4, 0.5) is 0 Å². The number of methoxy groups -OCH3 is 1. The first-order valence-corrected chi connectivity index (χ1v) is 7.61. The molecule has 1 atom stereocenters. The van der Waals surface area contributed by atoms with Gasteiger partial charge >= 0.3 is 0 Å². The Balaban J connectivity index is 2.90. The Bertz CT molecular complexity index is 399. The molecular weight excluding hydrogens is 332 g/mol. The van der Waals surface area contributed by atoms with Gasteiger partial charge in [-0.1, -0.05) is 0 Å². The average Bonchev–Trinajstić information content (AvgIpc) is 2.40. The topological polar surface area (TPSA) is 27.7 Å². The second-order valence-corrected chi connectivity index (χ2v) is 5.30. The maximum absolute atomic E-state index is 5.94. The van der Waals surface area contributed by atoms with E-state index in [1.54, 1.807) is 7.11 Å². The van der Waals surface area contributed by atoms with Crippen LogP contribution < -0.4 is 9.47 Å². The Kier molecular flexibility index (Phi) is 7.57. The number of ether oxygens (including phenoxy) is 3. The third-order valence-electron chi connectivity index (χ3n) is 2.57. The second kappa shape index (κ2) is 8.67. The van der Waals surface area contributed by atoms with Crippen molar-refractivity contribution in [1.82, 2.24) is 0 Å². The molecule has 108 valence electrons. The molecule has 0 aromatic heterocycles. The normalized spacial score (nSPS) is 12.3. The third kappa shape index (κ3) is 5.21. The average molecular weight is 352 g/mol. The van der Waals surface area contributed by atoms with E-state index in [0.29, 0.717) is 19.1 Å². The molecule has 0 N–H and O–H groups in total. The van der Waals surface area contributed by atoms with Crippen LogP contribution in [0, 0.1) is 0 Å². The van der Waals surface area contributed by atoms with Crippen LogP contribution in [0.1, 0.15) is 25.8 Å². The molecule has 0 saturated heterocycles. The highest BCUT2D eigenvalue weighted by Gasteiger charge is 2.15. The van der Waals surface area contributed by atoms with Crippen molar-refractivity contribution in [1.29, 1.82) is 0 Å². The first kappa shape index (κ1) is 16.6. The number of alkyl halides is 1. The number of benzene rings is 1. The zero-order valence-corrected chi connectivity index (χ0v) is 13.9. The molecule has 3 nitrogen and oxygen atoms in total. The molecule has 19 heavy (non-hydrogen) atoms. The van der Waals surface area contributed by atoms with Crippen LogP contribution in [0.3, 0.4) is 0 Å². The molecule has 0 amide bonds. The summed E-state index contributed by atoms with van der Waals surface area (Å²) in [6.45, 7) is 5.21. The van der Waals surface area contributed by atoms with Crippen molar-refractivity contribution < 1.29 is 14.2 Å². The minimum atomic E-state index is 0.0531. The Morgan fingerprint density at radius 2 is 2.11 bits per heavy atom. The summed E-state index contributed by atoms with van der Waals surface area (Å²) in [6.07, 6.45) is 0.878. The molecule has 0 saturated carbocycles. The van der Waals surface area contributed by atoms with Gasteiger partial charge in [0, 0.05) is 26.0 Å². The van der Waals surface area contributed by atoms with E-state index in [4.69, 9.17) is 25.8 Å². The molecule has 0 aliphatic heterocycles. The van der Waals surface area contributed by atoms with Gasteiger partial charge in [0.05, 0.1) is 17.2 Å². The van der Waals surface area contributed by atoms with Gasteiger partial charge < -0.3 is 14.2 Å². The molecule has 1 aromatic carbocycles. The maximum atomic E-state index is 5.94. The van der Waals surface area contributed by atoms with Crippen molar-refractivity contribution >= 4 is 27.5 Å². The number of hydrogen-bond acceptors (Lipinski definition) is 3. The lowest BCUT2D eigenvalue weighted by atomic mass is 10.2. The van der Waals surface area contributed by atoms with Gasteiger partial charge in [-0.15, -0.1) is 11.6 Å². The Morgan fingerprint density at radius 3 is 2.68 bits per heavy atom. The van der Waals surface area contributed by atoms with Gasteiger partial charge in [-0.3, -0.25) is 0 Å². The van der Waals surface area contributed by atoms with E-state index in [1.807, 2.05) is 26.0 Å². The quantitative estimate of drug-likeness (QED) is 0.650. The second-order valence-electron chi connectivity index (χ2n) is 4.18. The summed E-state index contributed by atoms with van der Waals surface area (Å²) in [7, 11) is 1.68. The summed E-state index contributed by atoms with van der Waals surface area (Å²) in [5, 5.41) is 0. The van der Waals surface area contributed by atoms with Gasteiger partial charge in [0.15, 0.2) is 11.5 Å². The van der Waals surface area contributed by atoms with Crippen molar-refractivity contribution in [3.05, 3.63) is 22.2 Å². The molecular formula is C14H20BrClO3. The Morgan fingerprint density at radius 1 is 1.37 bits per heavy atom. The first-order valence-electron chi connectivity index (χ1n) is 6.29. The van der Waals surface area contributed by atoms with Gasteiger partial charge in [-0.25, -0.2) is 0 Å². The predicted octanol–water partition coefficient (Wildman–Crippen LogP) is 4.39. The van der Waals surface area contributed by atoms with Gasteiger partial charge in [-0.2, -0.15) is 0 Å². The minimum Gasteiger partial charge on any atom is -0.490 e. The Hall–Kier alpha value is -0.450. The van der Waals surface area contributed by atoms with Crippen molar-refractivity contribution in [2.24, 2.45) is 0 Å². The van der Waals surface area contributed by atoms with Gasteiger partial charge in [0.2, 0.25) is 0 Å². The van der Waals surface area contributed by atoms with Crippen LogP contribution in [0.5, 0.6) is 11.5 Å². The molecule has 0 bridgehead atoms. The lowest BCUT2D eigenvalue weighted by Crippen LogP contribution is -2.15. The summed E-state index contributed by atoms with van der Waals surface area (Å²) in [4.78, 5) is 0. The zero-order valence-electron chi connectivity index (χ0n) is 11.5. The van der Waals surface area contributed by atoms with E-state index in [2.05, 4.69) is 15.9 Å². The van der Waals surface area contributed by atoms with Crippen molar-refractivity contribution in [2.45, 2.75) is 32.3 Å². The van der Waals surface area contributed by atoms with Crippen LogP contribution in [0.25, 0.3) is 0 Å². The fourth-order valence-corrected chi connectivity index (χ4v) is 2.36. The van der Waals surface area contributed by atoms with Crippen LogP contribution >= 0.6 is 27.5 Å². The van der Waals surface area contributed by atoms with Crippen molar-refractivity contribution in [3.8, 4) is 11.5 Å². The van der Waals surface area contributed by atoms with Gasteiger partial charge in [-0.05, 0) is 47.5 Å². The summed E-state index contributed by atoms with van der Waals surface area (Å²) >= 11 is 9.37. The molecule has 0 fully saturated rings. The van der Waals surface area contributed by atoms with Crippen LogP contribution in [0.15, 0.2) is 16.6 Å². The van der Waals surface area contributed by atoms with E-state index in [0.717, 1.165) is 28.0 Å². The summed E-state index contributed by atoms with van der Waals surface area (Å²) in [5.41, 5.74) is 0.994. The molecule has 0 spiro atoms. The van der Waals surface area contributed by atoms with E-state index in [9.17, 15) is 0 Å². The molecule has 0 aliphatic carbocycles. The van der Waals surface area contributed by atoms with Gasteiger partial charge in [0.25, 0.3) is 0 Å². The maximum Gasteiger partial charge on any atom is 0.175 e. The summed E-state index contributed by atoms with van der Waals surface area (Å²) in [5.74, 6) is 1.88.